The fraction of sp³-hybridized carbons (Fsp3) is 0.444. The van der Waals surface area contributed by atoms with Crippen LogP contribution in [0.4, 0.5) is 11.4 Å². The summed E-state index contributed by atoms with van der Waals surface area (Å²) in [6.45, 7) is 0.900. The summed E-state index contributed by atoms with van der Waals surface area (Å²) in [7, 11) is 0. The normalized spacial score (nSPS) is 20.0. The fourth-order valence-corrected chi connectivity index (χ4v) is 7.98. The van der Waals surface area contributed by atoms with Gasteiger partial charge in [-0.15, -0.1) is 11.8 Å². The third-order valence-corrected chi connectivity index (χ3v) is 11.2. The van der Waals surface area contributed by atoms with Crippen LogP contribution in [0.5, 0.6) is 5.75 Å². The number of rotatable bonds is 14. The number of amides is 2. The number of aliphatic hydroxyl groups excluding tert-OH is 5. The van der Waals surface area contributed by atoms with Gasteiger partial charge in [0.25, 0.3) is 5.91 Å². The van der Waals surface area contributed by atoms with Gasteiger partial charge in [0, 0.05) is 60.5 Å². The van der Waals surface area contributed by atoms with E-state index in [0.29, 0.717) is 46.6 Å². The van der Waals surface area contributed by atoms with Gasteiger partial charge in [-0.25, -0.2) is 0 Å². The summed E-state index contributed by atoms with van der Waals surface area (Å²) >= 11 is 15.1. The first-order valence-electron chi connectivity index (χ1n) is 16.9. The molecule has 2 amide bonds. The minimum Gasteiger partial charge on any atom is -0.487 e. The number of carbonyl (C=O) groups is 2. The number of anilines is 2. The zero-order valence-electron chi connectivity index (χ0n) is 27.8. The van der Waals surface area contributed by atoms with Crippen molar-refractivity contribution in [3.05, 3.63) is 87.4 Å². The monoisotopic (exact) mass is 760 g/mol. The van der Waals surface area contributed by atoms with E-state index in [9.17, 15) is 30.0 Å². The van der Waals surface area contributed by atoms with E-state index in [2.05, 4.69) is 21.2 Å². The maximum atomic E-state index is 14.0. The molecule has 3 aliphatic rings. The first-order valence-corrected chi connectivity index (χ1v) is 18.8. The minimum atomic E-state index is -1.78. The summed E-state index contributed by atoms with van der Waals surface area (Å²) in [5.41, 5.74) is 3.93. The molecular formula is C36H42Cl2N4O8S. The van der Waals surface area contributed by atoms with E-state index < -0.39 is 43.5 Å². The number of ether oxygens (including phenoxy) is 1. The van der Waals surface area contributed by atoms with Gasteiger partial charge in [0.1, 0.15) is 30.7 Å². The van der Waals surface area contributed by atoms with Crippen LogP contribution in [0.3, 0.4) is 0 Å². The molecule has 12 nitrogen and oxygen atoms in total. The number of carbonyl (C=O) groups excluding carboxylic acids is 2. The van der Waals surface area contributed by atoms with Crippen molar-refractivity contribution in [2.24, 2.45) is 0 Å². The first kappa shape index (κ1) is 37.6. The van der Waals surface area contributed by atoms with Gasteiger partial charge in [-0.1, -0.05) is 47.5 Å². The third-order valence-electron chi connectivity index (χ3n) is 9.44. The van der Waals surface area contributed by atoms with Gasteiger partial charge in [-0.05, 0) is 54.3 Å². The molecule has 2 heterocycles. The number of nitrogens with zero attached hydrogens (tertiary/aromatic N) is 3. The van der Waals surface area contributed by atoms with Crippen molar-refractivity contribution in [3.8, 4) is 5.75 Å². The van der Waals surface area contributed by atoms with Gasteiger partial charge >= 0.3 is 0 Å². The number of fused-ring (bicyclic) bond motifs is 1. The Hall–Kier alpha value is -3.11. The minimum absolute atomic E-state index is 0.0970. The average Bonchev–Trinajstić information content (AvgIpc) is 3.90. The Bertz CT molecular complexity index is 1700. The Balaban J connectivity index is 1.02. The second kappa shape index (κ2) is 16.7. The molecule has 0 spiro atoms. The molecule has 0 radical (unpaired) electrons. The lowest BCUT2D eigenvalue weighted by Crippen LogP contribution is -2.52. The fourth-order valence-electron chi connectivity index (χ4n) is 6.34. The lowest BCUT2D eigenvalue weighted by atomic mass is 10.0. The molecule has 15 heteroatoms. The summed E-state index contributed by atoms with van der Waals surface area (Å²) in [5, 5.41) is 51.4. The number of hydrogen-bond donors (Lipinski definition) is 6. The first-order chi connectivity index (χ1) is 24.5. The molecule has 5 atom stereocenters. The summed E-state index contributed by atoms with van der Waals surface area (Å²) in [5.74, 6) is 1.35. The highest BCUT2D eigenvalue weighted by Crippen LogP contribution is 2.41. The summed E-state index contributed by atoms with van der Waals surface area (Å²) < 4.78 is 5.96. The van der Waals surface area contributed by atoms with E-state index in [1.165, 1.54) is 12.8 Å². The number of hydrogen-bond acceptors (Lipinski definition) is 11. The molecule has 1 saturated heterocycles. The largest absolute Gasteiger partial charge is 0.487 e. The molecule has 51 heavy (non-hydrogen) atoms. The predicted octanol–water partition coefficient (Wildman–Crippen LogP) is 2.63. The highest BCUT2D eigenvalue weighted by atomic mass is 35.5. The number of benzene rings is 3. The Labute approximate surface area is 310 Å². The van der Waals surface area contributed by atoms with Gasteiger partial charge in [-0.3, -0.25) is 14.5 Å². The van der Waals surface area contributed by atoms with Crippen molar-refractivity contribution in [1.29, 1.82) is 0 Å². The van der Waals surface area contributed by atoms with Crippen LogP contribution in [0.1, 0.15) is 34.3 Å². The molecule has 1 aliphatic carbocycles. The van der Waals surface area contributed by atoms with Crippen molar-refractivity contribution < 1.29 is 39.9 Å². The molecule has 2 aliphatic heterocycles. The van der Waals surface area contributed by atoms with Gasteiger partial charge in [0.2, 0.25) is 5.91 Å². The van der Waals surface area contributed by atoms with Gasteiger partial charge in [0.15, 0.2) is 0 Å². The number of aliphatic hydroxyl groups is 5. The number of thioether (sulfide) groups is 1. The number of halogens is 2. The molecule has 0 bridgehead atoms. The highest BCUT2D eigenvalue weighted by Gasteiger charge is 2.40. The molecule has 0 unspecified atom stereocenters. The lowest BCUT2D eigenvalue weighted by Gasteiger charge is -2.39. The average molecular weight is 762 g/mol. The van der Waals surface area contributed by atoms with Gasteiger partial charge < -0.3 is 45.4 Å². The number of nitrogens with one attached hydrogen (secondary N) is 1. The summed E-state index contributed by atoms with van der Waals surface area (Å²) in [6, 6.07) is 18.4. The molecule has 0 aromatic heterocycles. The van der Waals surface area contributed by atoms with E-state index in [1.54, 1.807) is 48.2 Å². The maximum Gasteiger partial charge on any atom is 0.251 e. The third kappa shape index (κ3) is 8.75. The SMILES string of the molecule is O=C(NC[C@H](O)[C@@H](O)[C@H](O)[C@H](O)CO)c1ccc(COc2cc(Cl)c(CN3CSC[C@H]3C(=O)N3CCN(C4CC4)c4ccccc43)cc2Cl)cc1. The van der Waals surface area contributed by atoms with E-state index >= 15 is 0 Å². The van der Waals surface area contributed by atoms with Crippen LogP contribution in [0.2, 0.25) is 10.0 Å². The Morgan fingerprint density at radius 2 is 1.63 bits per heavy atom. The van der Waals surface area contributed by atoms with Crippen molar-refractivity contribution in [2.75, 3.05) is 47.7 Å². The van der Waals surface area contributed by atoms with Crippen molar-refractivity contribution in [2.45, 2.75) is 62.5 Å². The van der Waals surface area contributed by atoms with Crippen molar-refractivity contribution in [1.82, 2.24) is 10.2 Å². The zero-order chi connectivity index (χ0) is 36.2. The molecule has 6 rings (SSSR count). The quantitative estimate of drug-likeness (QED) is 0.143. The van der Waals surface area contributed by atoms with Crippen LogP contribution in [0.25, 0.3) is 0 Å². The Morgan fingerprint density at radius 3 is 2.33 bits per heavy atom. The second-order valence-corrected chi connectivity index (χ2v) is 14.8. The Kier molecular flexibility index (Phi) is 12.3. The van der Waals surface area contributed by atoms with Crippen LogP contribution in [0, 0.1) is 0 Å². The predicted molar refractivity (Wildman–Crippen MR) is 197 cm³/mol. The van der Waals surface area contributed by atoms with E-state index in [1.807, 2.05) is 23.1 Å². The lowest BCUT2D eigenvalue weighted by molar-refractivity contribution is -0.122. The summed E-state index contributed by atoms with van der Waals surface area (Å²) in [6.07, 6.45) is -4.36. The standard InChI is InChI=1S/C36H42Cl2N4O8S/c37-25-14-32(50-18-21-5-7-22(8-6-21)35(48)39-15-30(44)33(46)34(47)31(45)17-43)26(38)13-23(25)16-40-20-51-19-29(40)36(49)42-12-11-41(24-9-10-24)27-3-1-2-4-28(27)42/h1-8,13-14,24,29-31,33-34,43-47H,9-12,15-20H2,(H,39,48)/t29-,30-,31+,33+,34+/m0/s1. The summed E-state index contributed by atoms with van der Waals surface area (Å²) in [4.78, 5) is 33.0. The van der Waals surface area contributed by atoms with Gasteiger partial charge in [-0.2, -0.15) is 0 Å². The van der Waals surface area contributed by atoms with E-state index in [-0.39, 0.29) is 24.1 Å². The molecule has 6 N–H and O–H groups in total. The molecule has 274 valence electrons. The second-order valence-electron chi connectivity index (χ2n) is 13.0. The van der Waals surface area contributed by atoms with Crippen LogP contribution in [-0.4, -0.2) is 117 Å². The molecule has 2 fully saturated rings. The van der Waals surface area contributed by atoms with Crippen LogP contribution in [0.15, 0.2) is 60.7 Å². The van der Waals surface area contributed by atoms with E-state index in [4.69, 9.17) is 33.0 Å². The van der Waals surface area contributed by atoms with Gasteiger partial charge in [0.05, 0.1) is 35.2 Å². The van der Waals surface area contributed by atoms with E-state index in [0.717, 1.165) is 29.0 Å². The molecule has 3 aromatic carbocycles. The molecule has 1 saturated carbocycles. The highest BCUT2D eigenvalue weighted by molar-refractivity contribution is 7.99. The Morgan fingerprint density at radius 1 is 0.922 bits per heavy atom. The smallest absolute Gasteiger partial charge is 0.251 e. The number of para-hydroxylation sites is 2. The van der Waals surface area contributed by atoms with Crippen LogP contribution < -0.4 is 19.9 Å². The molecule has 3 aromatic rings. The maximum absolute atomic E-state index is 14.0. The van der Waals surface area contributed by atoms with Crippen molar-refractivity contribution in [3.63, 3.8) is 0 Å². The van der Waals surface area contributed by atoms with Crippen LogP contribution in [-0.2, 0) is 17.9 Å². The molecular weight excluding hydrogens is 719 g/mol. The van der Waals surface area contributed by atoms with Crippen LogP contribution >= 0.6 is 35.0 Å². The van der Waals surface area contributed by atoms with Crippen molar-refractivity contribution >= 4 is 58.2 Å². The topological polar surface area (TPSA) is 166 Å². The zero-order valence-corrected chi connectivity index (χ0v) is 30.1.